The monoisotopic (exact) mass is 264 g/mol. The van der Waals surface area contributed by atoms with Crippen molar-refractivity contribution in [3.63, 3.8) is 0 Å². The summed E-state index contributed by atoms with van der Waals surface area (Å²) in [5, 5.41) is 0. The predicted molar refractivity (Wildman–Crippen MR) is 76.6 cm³/mol. The van der Waals surface area contributed by atoms with E-state index in [0.29, 0.717) is 0 Å². The first-order chi connectivity index (χ1) is 8.84. The summed E-state index contributed by atoms with van der Waals surface area (Å²) in [5.41, 5.74) is 5.50. The van der Waals surface area contributed by atoms with Gasteiger partial charge in [0.2, 0.25) is 5.91 Å². The van der Waals surface area contributed by atoms with Crippen molar-refractivity contribution in [1.82, 2.24) is 4.90 Å². The summed E-state index contributed by atoms with van der Waals surface area (Å²) in [5.74, 6) is 2.76. The quantitative estimate of drug-likeness (QED) is 0.851. The molecule has 0 aliphatic heterocycles. The van der Waals surface area contributed by atoms with Gasteiger partial charge in [0.05, 0.1) is 5.54 Å². The van der Waals surface area contributed by atoms with Crippen LogP contribution in [0, 0.1) is 17.8 Å². The fourth-order valence-electron chi connectivity index (χ4n) is 5.44. The van der Waals surface area contributed by atoms with E-state index in [2.05, 4.69) is 11.8 Å². The Hall–Kier alpha value is -0.570. The molecule has 4 saturated carbocycles. The Kier molecular flexibility index (Phi) is 2.97. The van der Waals surface area contributed by atoms with Crippen LogP contribution in [-0.4, -0.2) is 28.4 Å². The van der Waals surface area contributed by atoms with Gasteiger partial charge in [-0.25, -0.2) is 0 Å². The molecule has 4 fully saturated rings. The first kappa shape index (κ1) is 13.4. The van der Waals surface area contributed by atoms with Crippen molar-refractivity contribution >= 4 is 5.91 Å². The van der Waals surface area contributed by atoms with E-state index in [9.17, 15) is 4.79 Å². The summed E-state index contributed by atoms with van der Waals surface area (Å²) in [6.45, 7) is 6.62. The maximum atomic E-state index is 12.7. The maximum absolute atomic E-state index is 12.7. The minimum Gasteiger partial charge on any atom is -0.336 e. The molecule has 0 heterocycles. The van der Waals surface area contributed by atoms with Crippen LogP contribution in [-0.2, 0) is 4.79 Å². The number of carbonyl (C=O) groups excluding carboxylic acids is 1. The highest BCUT2D eigenvalue weighted by Gasteiger charge is 2.55. The molecule has 3 heteroatoms. The molecule has 0 spiro atoms. The molecule has 4 aliphatic carbocycles. The molecule has 4 bridgehead atoms. The van der Waals surface area contributed by atoms with E-state index in [4.69, 9.17) is 5.73 Å². The standard InChI is InChI=1S/C16H28N2O/c1-4-18(14(19)15(2,3)17)16-8-11-5-12(9-16)7-13(6-11)10-16/h11-13H,4-10,17H2,1-3H3. The van der Waals surface area contributed by atoms with E-state index in [-0.39, 0.29) is 11.4 Å². The third kappa shape index (κ3) is 2.10. The molecule has 0 unspecified atom stereocenters. The van der Waals surface area contributed by atoms with Crippen LogP contribution in [0.15, 0.2) is 0 Å². The zero-order chi connectivity index (χ0) is 13.8. The SMILES string of the molecule is CCN(C(=O)C(C)(C)N)C12CC3CC(CC(C3)C1)C2. The van der Waals surface area contributed by atoms with Crippen LogP contribution >= 0.6 is 0 Å². The number of rotatable bonds is 3. The number of likely N-dealkylation sites (N-methyl/N-ethyl adjacent to an activating group) is 1. The summed E-state index contributed by atoms with van der Waals surface area (Å²) in [4.78, 5) is 14.9. The number of amides is 1. The molecule has 3 nitrogen and oxygen atoms in total. The zero-order valence-electron chi connectivity index (χ0n) is 12.6. The van der Waals surface area contributed by atoms with Gasteiger partial charge >= 0.3 is 0 Å². The molecule has 4 rings (SSSR count). The lowest BCUT2D eigenvalue weighted by atomic mass is 9.52. The van der Waals surface area contributed by atoms with Gasteiger partial charge in [-0.1, -0.05) is 0 Å². The second kappa shape index (κ2) is 4.21. The fourth-order valence-corrected chi connectivity index (χ4v) is 5.44. The van der Waals surface area contributed by atoms with Gasteiger partial charge in [-0.3, -0.25) is 4.79 Å². The summed E-state index contributed by atoms with van der Waals surface area (Å²) >= 11 is 0. The highest BCUT2D eigenvalue weighted by atomic mass is 16.2. The molecule has 0 atom stereocenters. The number of nitrogens with two attached hydrogens (primary N) is 1. The third-order valence-corrected chi connectivity index (χ3v) is 5.69. The first-order valence-corrected chi connectivity index (χ1v) is 7.95. The van der Waals surface area contributed by atoms with Gasteiger partial charge in [0.25, 0.3) is 0 Å². The van der Waals surface area contributed by atoms with E-state index in [1.165, 1.54) is 38.5 Å². The second-order valence-corrected chi connectivity index (χ2v) is 7.91. The molecule has 2 N–H and O–H groups in total. The Morgan fingerprint density at radius 3 is 1.89 bits per heavy atom. The van der Waals surface area contributed by atoms with E-state index >= 15 is 0 Å². The lowest BCUT2D eigenvalue weighted by Crippen LogP contribution is -2.65. The van der Waals surface area contributed by atoms with Crippen LogP contribution in [0.3, 0.4) is 0 Å². The van der Waals surface area contributed by atoms with Crippen LogP contribution < -0.4 is 5.73 Å². The van der Waals surface area contributed by atoms with Crippen molar-refractivity contribution < 1.29 is 4.79 Å². The topological polar surface area (TPSA) is 46.3 Å². The Morgan fingerprint density at radius 2 is 1.58 bits per heavy atom. The molecule has 19 heavy (non-hydrogen) atoms. The van der Waals surface area contributed by atoms with Gasteiger partial charge < -0.3 is 10.6 Å². The van der Waals surface area contributed by atoms with Crippen LogP contribution in [0.1, 0.15) is 59.3 Å². The van der Waals surface area contributed by atoms with Gasteiger partial charge in [0, 0.05) is 12.1 Å². The highest BCUT2D eigenvalue weighted by Crippen LogP contribution is 2.57. The lowest BCUT2D eigenvalue weighted by Gasteiger charge is -2.61. The van der Waals surface area contributed by atoms with Crippen LogP contribution in [0.4, 0.5) is 0 Å². The van der Waals surface area contributed by atoms with Gasteiger partial charge in [-0.2, -0.15) is 0 Å². The summed E-state index contributed by atoms with van der Waals surface area (Å²) in [7, 11) is 0. The Bertz CT molecular complexity index is 347. The van der Waals surface area contributed by atoms with E-state index in [1.54, 1.807) is 0 Å². The van der Waals surface area contributed by atoms with Gasteiger partial charge in [-0.05, 0) is 77.0 Å². The summed E-state index contributed by atoms with van der Waals surface area (Å²) < 4.78 is 0. The molecule has 108 valence electrons. The number of hydrogen-bond acceptors (Lipinski definition) is 2. The average Bonchev–Trinajstić information content (AvgIpc) is 2.25. The van der Waals surface area contributed by atoms with E-state index in [1.807, 2.05) is 13.8 Å². The van der Waals surface area contributed by atoms with Crippen molar-refractivity contribution in [2.75, 3.05) is 6.54 Å². The van der Waals surface area contributed by atoms with Crippen molar-refractivity contribution in [1.29, 1.82) is 0 Å². The molecule has 0 aromatic rings. The number of hydrogen-bond donors (Lipinski definition) is 1. The van der Waals surface area contributed by atoms with E-state index in [0.717, 1.165) is 24.3 Å². The minimum absolute atomic E-state index is 0.150. The molecule has 0 aromatic carbocycles. The summed E-state index contributed by atoms with van der Waals surface area (Å²) in [6.07, 6.45) is 7.93. The van der Waals surface area contributed by atoms with Gasteiger partial charge in [0.1, 0.15) is 0 Å². The third-order valence-electron chi connectivity index (χ3n) is 5.69. The van der Waals surface area contributed by atoms with Gasteiger partial charge in [0.15, 0.2) is 0 Å². The Labute approximate surface area is 116 Å². The molecule has 4 aliphatic rings. The fraction of sp³-hybridized carbons (Fsp3) is 0.938. The smallest absolute Gasteiger partial charge is 0.242 e. The molecule has 0 saturated heterocycles. The van der Waals surface area contributed by atoms with Gasteiger partial charge in [-0.15, -0.1) is 0 Å². The van der Waals surface area contributed by atoms with Crippen LogP contribution in [0.25, 0.3) is 0 Å². The largest absolute Gasteiger partial charge is 0.336 e. The second-order valence-electron chi connectivity index (χ2n) is 7.91. The number of nitrogens with zero attached hydrogens (tertiary/aromatic N) is 1. The van der Waals surface area contributed by atoms with Crippen molar-refractivity contribution in [3.8, 4) is 0 Å². The average molecular weight is 264 g/mol. The minimum atomic E-state index is -0.737. The van der Waals surface area contributed by atoms with Crippen molar-refractivity contribution in [2.24, 2.45) is 23.5 Å². The first-order valence-electron chi connectivity index (χ1n) is 7.95. The van der Waals surface area contributed by atoms with Crippen molar-refractivity contribution in [2.45, 2.75) is 70.4 Å². The predicted octanol–water partition coefficient (Wildman–Crippen LogP) is 2.54. The Balaban J connectivity index is 1.89. The molecule has 0 radical (unpaired) electrons. The van der Waals surface area contributed by atoms with Crippen LogP contribution in [0.2, 0.25) is 0 Å². The summed E-state index contributed by atoms with van der Waals surface area (Å²) in [6, 6.07) is 0. The Morgan fingerprint density at radius 1 is 1.16 bits per heavy atom. The highest BCUT2D eigenvalue weighted by molar-refractivity contribution is 5.86. The zero-order valence-corrected chi connectivity index (χ0v) is 12.6. The number of carbonyl (C=O) groups is 1. The van der Waals surface area contributed by atoms with Crippen molar-refractivity contribution in [3.05, 3.63) is 0 Å². The molecular weight excluding hydrogens is 236 g/mol. The molecular formula is C16H28N2O. The normalized spacial score (nSPS) is 40.5. The molecule has 0 aromatic heterocycles. The maximum Gasteiger partial charge on any atom is 0.242 e. The van der Waals surface area contributed by atoms with E-state index < -0.39 is 5.54 Å². The molecule has 1 amide bonds. The van der Waals surface area contributed by atoms with Crippen LogP contribution in [0.5, 0.6) is 0 Å². The lowest BCUT2D eigenvalue weighted by molar-refractivity contribution is -0.154.